The Balaban J connectivity index is 1.56. The highest BCUT2D eigenvalue weighted by Crippen LogP contribution is 2.24. The number of piperidine rings is 1. The quantitative estimate of drug-likeness (QED) is 0.572. The van der Waals surface area contributed by atoms with E-state index in [0.717, 1.165) is 5.56 Å². The van der Waals surface area contributed by atoms with Gasteiger partial charge < -0.3 is 10.6 Å². The first-order valence-corrected chi connectivity index (χ1v) is 14.5. The summed E-state index contributed by atoms with van der Waals surface area (Å²) in [6.45, 7) is 5.97. The first-order valence-electron chi connectivity index (χ1n) is 11.3. The minimum atomic E-state index is -3.61. The molecule has 0 bridgehead atoms. The third-order valence-electron chi connectivity index (χ3n) is 6.31. The second kappa shape index (κ2) is 10.1. The Hall–Kier alpha value is -1.98. The molecule has 0 aromatic heterocycles. The van der Waals surface area contributed by atoms with Crippen molar-refractivity contribution in [2.75, 3.05) is 24.6 Å². The fourth-order valence-corrected chi connectivity index (χ4v) is 7.37. The van der Waals surface area contributed by atoms with Crippen molar-refractivity contribution in [3.63, 3.8) is 0 Å². The molecule has 0 radical (unpaired) electrons. The van der Waals surface area contributed by atoms with Crippen LogP contribution in [-0.2, 0) is 29.4 Å². The van der Waals surface area contributed by atoms with Crippen LogP contribution in [0.15, 0.2) is 29.2 Å². The Morgan fingerprint density at radius 2 is 1.67 bits per heavy atom. The van der Waals surface area contributed by atoms with E-state index in [1.807, 2.05) is 20.8 Å². The van der Waals surface area contributed by atoms with Gasteiger partial charge in [-0.25, -0.2) is 16.8 Å². The van der Waals surface area contributed by atoms with Crippen molar-refractivity contribution < 1.29 is 26.4 Å². The summed E-state index contributed by atoms with van der Waals surface area (Å²) < 4.78 is 50.4. The number of aryl methyl sites for hydroxylation is 1. The SMILES string of the molecule is Cc1ccc(S(=O)(=O)N2CCC(C(=O)N[C@@H](C(=O)N[C@@H]3CCS(=O)(=O)C3)C(C)C)CC2)cc1. The third kappa shape index (κ3) is 6.33. The number of hydrogen-bond donors (Lipinski definition) is 2. The molecule has 184 valence electrons. The average Bonchev–Trinajstić information content (AvgIpc) is 3.09. The highest BCUT2D eigenvalue weighted by molar-refractivity contribution is 7.91. The molecule has 2 amide bonds. The van der Waals surface area contributed by atoms with Gasteiger partial charge in [-0.1, -0.05) is 31.5 Å². The summed E-state index contributed by atoms with van der Waals surface area (Å²) in [5.74, 6) is -1.27. The predicted octanol–water partition coefficient (Wildman–Crippen LogP) is 0.840. The zero-order chi connectivity index (χ0) is 24.4. The number of nitrogens with one attached hydrogen (secondary N) is 2. The van der Waals surface area contributed by atoms with E-state index < -0.39 is 37.9 Å². The molecule has 2 atom stereocenters. The van der Waals surface area contributed by atoms with Gasteiger partial charge in [-0.05, 0) is 44.2 Å². The van der Waals surface area contributed by atoms with Crippen LogP contribution in [0.3, 0.4) is 0 Å². The van der Waals surface area contributed by atoms with Gasteiger partial charge in [0, 0.05) is 25.0 Å². The maximum absolute atomic E-state index is 12.9. The van der Waals surface area contributed by atoms with Gasteiger partial charge in [0.25, 0.3) is 0 Å². The average molecular weight is 500 g/mol. The summed E-state index contributed by atoms with van der Waals surface area (Å²) in [5, 5.41) is 5.56. The Morgan fingerprint density at radius 1 is 1.06 bits per heavy atom. The molecule has 2 N–H and O–H groups in total. The van der Waals surface area contributed by atoms with Crippen LogP contribution in [0.1, 0.15) is 38.7 Å². The van der Waals surface area contributed by atoms with E-state index in [0.29, 0.717) is 19.3 Å². The number of benzene rings is 1. The molecular weight excluding hydrogens is 466 g/mol. The largest absolute Gasteiger partial charge is 0.351 e. The molecule has 3 rings (SSSR count). The summed E-state index contributed by atoms with van der Waals surface area (Å²) in [6.07, 6.45) is 1.11. The van der Waals surface area contributed by atoms with Crippen molar-refractivity contribution in [3.05, 3.63) is 29.8 Å². The van der Waals surface area contributed by atoms with E-state index in [-0.39, 0.29) is 47.2 Å². The highest BCUT2D eigenvalue weighted by atomic mass is 32.2. The van der Waals surface area contributed by atoms with Crippen LogP contribution < -0.4 is 10.6 Å². The Morgan fingerprint density at radius 3 is 2.18 bits per heavy atom. The van der Waals surface area contributed by atoms with Crippen molar-refractivity contribution in [1.82, 2.24) is 14.9 Å². The predicted molar refractivity (Wildman–Crippen MR) is 125 cm³/mol. The maximum atomic E-state index is 12.9. The molecule has 9 nitrogen and oxygen atoms in total. The second-order valence-electron chi connectivity index (χ2n) is 9.33. The molecule has 2 fully saturated rings. The lowest BCUT2D eigenvalue weighted by atomic mass is 9.95. The summed E-state index contributed by atoms with van der Waals surface area (Å²) in [5.41, 5.74) is 0.975. The molecule has 2 saturated heterocycles. The van der Waals surface area contributed by atoms with Gasteiger partial charge in [0.15, 0.2) is 9.84 Å². The van der Waals surface area contributed by atoms with Crippen molar-refractivity contribution in [3.8, 4) is 0 Å². The molecule has 0 unspecified atom stereocenters. The number of carbonyl (C=O) groups is 2. The summed E-state index contributed by atoms with van der Waals surface area (Å²) in [7, 11) is -6.74. The second-order valence-corrected chi connectivity index (χ2v) is 13.5. The molecule has 11 heteroatoms. The monoisotopic (exact) mass is 499 g/mol. The lowest BCUT2D eigenvalue weighted by Gasteiger charge is -2.32. The Labute approximate surface area is 196 Å². The van der Waals surface area contributed by atoms with E-state index in [9.17, 15) is 26.4 Å². The van der Waals surface area contributed by atoms with Crippen molar-refractivity contribution in [1.29, 1.82) is 0 Å². The standard InChI is InChI=1S/C22H33N3O6S2/c1-15(2)20(22(27)23-18-10-13-32(28,29)14-18)24-21(26)17-8-11-25(12-9-17)33(30,31)19-6-4-16(3)5-7-19/h4-7,15,17-18,20H,8-14H2,1-3H3,(H,23,27)(H,24,26)/t18-,20-/m1/s1. The van der Waals surface area contributed by atoms with E-state index in [1.54, 1.807) is 24.3 Å². The van der Waals surface area contributed by atoms with Crippen molar-refractivity contribution in [2.24, 2.45) is 11.8 Å². The third-order valence-corrected chi connectivity index (χ3v) is 9.99. The summed E-state index contributed by atoms with van der Waals surface area (Å²) in [4.78, 5) is 25.8. The Kier molecular flexibility index (Phi) is 7.85. The van der Waals surface area contributed by atoms with Gasteiger partial charge in [0.2, 0.25) is 21.8 Å². The molecule has 0 aliphatic carbocycles. The number of sulfonamides is 1. The fraction of sp³-hybridized carbons (Fsp3) is 0.636. The summed E-state index contributed by atoms with van der Waals surface area (Å²) in [6, 6.07) is 5.47. The van der Waals surface area contributed by atoms with Crippen LogP contribution in [-0.4, -0.2) is 69.6 Å². The van der Waals surface area contributed by atoms with E-state index in [2.05, 4.69) is 10.6 Å². The van der Waals surface area contributed by atoms with Crippen LogP contribution in [0.5, 0.6) is 0 Å². The highest BCUT2D eigenvalue weighted by Gasteiger charge is 2.35. The zero-order valence-corrected chi connectivity index (χ0v) is 20.9. The van der Waals surface area contributed by atoms with Gasteiger partial charge in [0.05, 0.1) is 16.4 Å². The zero-order valence-electron chi connectivity index (χ0n) is 19.3. The molecule has 2 aliphatic heterocycles. The van der Waals surface area contributed by atoms with Gasteiger partial charge in [-0.2, -0.15) is 4.31 Å². The maximum Gasteiger partial charge on any atom is 0.243 e. The van der Waals surface area contributed by atoms with Crippen molar-refractivity contribution >= 4 is 31.7 Å². The van der Waals surface area contributed by atoms with Crippen LogP contribution in [0, 0.1) is 18.8 Å². The van der Waals surface area contributed by atoms with E-state index >= 15 is 0 Å². The van der Waals surface area contributed by atoms with E-state index in [4.69, 9.17) is 0 Å². The number of sulfone groups is 1. The fourth-order valence-electron chi connectivity index (χ4n) is 4.22. The van der Waals surface area contributed by atoms with Crippen LogP contribution in [0.25, 0.3) is 0 Å². The number of hydrogen-bond acceptors (Lipinski definition) is 6. The number of rotatable bonds is 7. The molecule has 2 heterocycles. The lowest BCUT2D eigenvalue weighted by Crippen LogP contribution is -2.54. The van der Waals surface area contributed by atoms with Gasteiger partial charge in [0.1, 0.15) is 6.04 Å². The number of amides is 2. The van der Waals surface area contributed by atoms with Crippen LogP contribution in [0.4, 0.5) is 0 Å². The van der Waals surface area contributed by atoms with Crippen LogP contribution in [0.2, 0.25) is 0 Å². The summed E-state index contributed by atoms with van der Waals surface area (Å²) >= 11 is 0. The topological polar surface area (TPSA) is 130 Å². The normalized spacial score (nSPS) is 22.7. The molecule has 0 saturated carbocycles. The minimum Gasteiger partial charge on any atom is -0.351 e. The van der Waals surface area contributed by atoms with Crippen LogP contribution >= 0.6 is 0 Å². The van der Waals surface area contributed by atoms with E-state index in [1.165, 1.54) is 4.31 Å². The molecule has 1 aromatic carbocycles. The van der Waals surface area contributed by atoms with Crippen molar-refractivity contribution in [2.45, 2.75) is 57.0 Å². The van der Waals surface area contributed by atoms with Gasteiger partial charge >= 0.3 is 0 Å². The molecule has 0 spiro atoms. The smallest absolute Gasteiger partial charge is 0.243 e. The molecule has 33 heavy (non-hydrogen) atoms. The minimum absolute atomic E-state index is 0.0563. The van der Waals surface area contributed by atoms with Gasteiger partial charge in [-0.15, -0.1) is 0 Å². The number of carbonyl (C=O) groups excluding carboxylic acids is 2. The first-order chi connectivity index (χ1) is 15.4. The number of nitrogens with zero attached hydrogens (tertiary/aromatic N) is 1. The molecule has 1 aromatic rings. The first kappa shape index (κ1) is 25.6. The van der Waals surface area contributed by atoms with Gasteiger partial charge in [-0.3, -0.25) is 9.59 Å². The lowest BCUT2D eigenvalue weighted by molar-refractivity contribution is -0.133. The molecular formula is C22H33N3O6S2. The molecule has 2 aliphatic rings. The Bertz CT molecular complexity index is 1080.